The predicted octanol–water partition coefficient (Wildman–Crippen LogP) is 1.79. The molecule has 0 saturated carbocycles. The molecule has 2 rings (SSSR count). The van der Waals surface area contributed by atoms with Gasteiger partial charge in [-0.3, -0.25) is 9.59 Å². The summed E-state index contributed by atoms with van der Waals surface area (Å²) in [5.41, 5.74) is 0. The normalized spacial score (nSPS) is 17.0. The molecule has 1 aliphatic heterocycles. The molecule has 1 fully saturated rings. The highest BCUT2D eigenvalue weighted by molar-refractivity contribution is 7.12. The van der Waals surface area contributed by atoms with Crippen LogP contribution in [0.2, 0.25) is 0 Å². The van der Waals surface area contributed by atoms with E-state index < -0.39 is 5.97 Å². The zero-order valence-corrected chi connectivity index (χ0v) is 11.5. The third kappa shape index (κ3) is 3.64. The van der Waals surface area contributed by atoms with Crippen molar-refractivity contribution in [2.75, 3.05) is 13.1 Å². The van der Waals surface area contributed by atoms with Gasteiger partial charge in [0.2, 0.25) is 5.91 Å². The molecule has 1 aromatic heterocycles. The zero-order chi connectivity index (χ0) is 13.8. The van der Waals surface area contributed by atoms with Gasteiger partial charge in [0, 0.05) is 30.2 Å². The second-order valence-electron chi connectivity index (χ2n) is 4.55. The third-order valence-corrected chi connectivity index (χ3v) is 4.06. The first-order valence-corrected chi connectivity index (χ1v) is 7.00. The van der Waals surface area contributed by atoms with E-state index in [1.54, 1.807) is 17.2 Å². The van der Waals surface area contributed by atoms with Gasteiger partial charge in [-0.2, -0.15) is 0 Å². The number of thiazole rings is 1. The van der Waals surface area contributed by atoms with Gasteiger partial charge in [-0.1, -0.05) is 0 Å². The van der Waals surface area contributed by atoms with Crippen molar-refractivity contribution in [3.8, 4) is 0 Å². The Morgan fingerprint density at radius 3 is 2.68 bits per heavy atom. The molecule has 0 spiro atoms. The molecule has 0 unspecified atom stereocenters. The van der Waals surface area contributed by atoms with Crippen LogP contribution in [0.4, 0.5) is 0 Å². The number of amides is 1. The Morgan fingerprint density at radius 2 is 2.16 bits per heavy atom. The molecule has 6 heteroatoms. The number of carboxylic acids is 1. The standard InChI is InChI=1S/C13H16N2O3S/c1-9-14-8-11(19-9)2-3-12(16)15-6-4-10(5-7-15)13(17)18/h2-3,8,10H,4-7H2,1H3,(H,17,18)/b3-2+. The number of hydrogen-bond acceptors (Lipinski definition) is 4. The van der Waals surface area contributed by atoms with E-state index in [2.05, 4.69) is 4.98 Å². The van der Waals surface area contributed by atoms with Crippen LogP contribution < -0.4 is 0 Å². The number of aromatic nitrogens is 1. The fraction of sp³-hybridized carbons (Fsp3) is 0.462. The van der Waals surface area contributed by atoms with Gasteiger partial charge in [-0.15, -0.1) is 11.3 Å². The molecule has 1 saturated heterocycles. The Labute approximate surface area is 115 Å². The van der Waals surface area contributed by atoms with Crippen LogP contribution in [0, 0.1) is 12.8 Å². The van der Waals surface area contributed by atoms with Gasteiger partial charge in [0.15, 0.2) is 0 Å². The van der Waals surface area contributed by atoms with Crippen molar-refractivity contribution in [1.29, 1.82) is 0 Å². The molecule has 19 heavy (non-hydrogen) atoms. The summed E-state index contributed by atoms with van der Waals surface area (Å²) in [6.07, 6.45) is 6.11. The van der Waals surface area contributed by atoms with E-state index in [1.807, 2.05) is 6.92 Å². The first-order chi connectivity index (χ1) is 9.06. The van der Waals surface area contributed by atoms with E-state index in [4.69, 9.17) is 5.11 Å². The highest BCUT2D eigenvalue weighted by atomic mass is 32.1. The number of likely N-dealkylation sites (tertiary alicyclic amines) is 1. The molecule has 2 heterocycles. The van der Waals surface area contributed by atoms with Crippen LogP contribution in [-0.2, 0) is 9.59 Å². The minimum absolute atomic E-state index is 0.0603. The number of carbonyl (C=O) groups excluding carboxylic acids is 1. The number of aryl methyl sites for hydroxylation is 1. The van der Waals surface area contributed by atoms with Gasteiger partial charge in [-0.05, 0) is 25.8 Å². The number of aliphatic carboxylic acids is 1. The molecule has 5 nitrogen and oxygen atoms in total. The van der Waals surface area contributed by atoms with Gasteiger partial charge >= 0.3 is 5.97 Å². The maximum absolute atomic E-state index is 11.9. The van der Waals surface area contributed by atoms with Crippen LogP contribution in [0.1, 0.15) is 22.7 Å². The van der Waals surface area contributed by atoms with Gasteiger partial charge < -0.3 is 10.0 Å². The van der Waals surface area contributed by atoms with Gasteiger partial charge in [-0.25, -0.2) is 4.98 Å². The summed E-state index contributed by atoms with van der Waals surface area (Å²) in [6.45, 7) is 2.95. The van der Waals surface area contributed by atoms with Gasteiger partial charge in [0.25, 0.3) is 0 Å². The van der Waals surface area contributed by atoms with E-state index in [1.165, 1.54) is 17.4 Å². The molecule has 0 atom stereocenters. The lowest BCUT2D eigenvalue weighted by molar-refractivity contribution is -0.144. The molecular weight excluding hydrogens is 264 g/mol. The molecule has 0 radical (unpaired) electrons. The van der Waals surface area contributed by atoms with Crippen molar-refractivity contribution in [1.82, 2.24) is 9.88 Å². The van der Waals surface area contributed by atoms with Crippen molar-refractivity contribution in [2.24, 2.45) is 5.92 Å². The summed E-state index contributed by atoms with van der Waals surface area (Å²) in [6, 6.07) is 0. The van der Waals surface area contributed by atoms with Crippen LogP contribution in [0.25, 0.3) is 6.08 Å². The molecule has 0 bridgehead atoms. The Morgan fingerprint density at radius 1 is 1.47 bits per heavy atom. The second kappa shape index (κ2) is 5.97. The number of hydrogen-bond donors (Lipinski definition) is 1. The summed E-state index contributed by atoms with van der Waals surface area (Å²) >= 11 is 1.53. The Bertz CT molecular complexity index is 502. The lowest BCUT2D eigenvalue weighted by Crippen LogP contribution is -2.39. The van der Waals surface area contributed by atoms with Crippen molar-refractivity contribution in [3.63, 3.8) is 0 Å². The largest absolute Gasteiger partial charge is 0.481 e. The van der Waals surface area contributed by atoms with Crippen LogP contribution in [0.15, 0.2) is 12.3 Å². The Hall–Kier alpha value is -1.69. The summed E-state index contributed by atoms with van der Waals surface area (Å²) in [7, 11) is 0. The summed E-state index contributed by atoms with van der Waals surface area (Å²) in [5.74, 6) is -1.13. The minimum Gasteiger partial charge on any atom is -0.481 e. The molecule has 102 valence electrons. The molecule has 1 aromatic rings. The third-order valence-electron chi connectivity index (χ3n) is 3.19. The van der Waals surface area contributed by atoms with E-state index >= 15 is 0 Å². The maximum Gasteiger partial charge on any atom is 0.306 e. The summed E-state index contributed by atoms with van der Waals surface area (Å²) in [4.78, 5) is 29.5. The lowest BCUT2D eigenvalue weighted by atomic mass is 9.97. The van der Waals surface area contributed by atoms with Gasteiger partial charge in [0.1, 0.15) is 0 Å². The number of rotatable bonds is 3. The molecule has 0 aromatic carbocycles. The molecular formula is C13H16N2O3S. The van der Waals surface area contributed by atoms with Crippen molar-refractivity contribution in [3.05, 3.63) is 22.2 Å². The SMILES string of the molecule is Cc1ncc(/C=C/C(=O)N2CCC(C(=O)O)CC2)s1. The second-order valence-corrected chi connectivity index (χ2v) is 5.82. The molecule has 1 amide bonds. The molecule has 1 aliphatic rings. The zero-order valence-electron chi connectivity index (χ0n) is 10.7. The first-order valence-electron chi connectivity index (χ1n) is 6.18. The minimum atomic E-state index is -0.761. The summed E-state index contributed by atoms with van der Waals surface area (Å²) in [5, 5.41) is 9.86. The number of carboxylic acid groups (broad SMARTS) is 1. The molecule has 1 N–H and O–H groups in total. The number of carbonyl (C=O) groups is 2. The van der Waals surface area contributed by atoms with Crippen molar-refractivity contribution in [2.45, 2.75) is 19.8 Å². The highest BCUT2D eigenvalue weighted by Gasteiger charge is 2.25. The van der Waals surface area contributed by atoms with Crippen molar-refractivity contribution < 1.29 is 14.7 Å². The van der Waals surface area contributed by atoms with E-state index in [-0.39, 0.29) is 11.8 Å². The van der Waals surface area contributed by atoms with Crippen molar-refractivity contribution >= 4 is 29.3 Å². The Balaban J connectivity index is 1.88. The lowest BCUT2D eigenvalue weighted by Gasteiger charge is -2.29. The topological polar surface area (TPSA) is 70.5 Å². The quantitative estimate of drug-likeness (QED) is 0.857. The van der Waals surface area contributed by atoms with E-state index in [0.29, 0.717) is 25.9 Å². The maximum atomic E-state index is 11.9. The van der Waals surface area contributed by atoms with Crippen LogP contribution in [0.5, 0.6) is 0 Å². The van der Waals surface area contributed by atoms with Crippen LogP contribution in [-0.4, -0.2) is 40.0 Å². The predicted molar refractivity (Wildman–Crippen MR) is 72.8 cm³/mol. The highest BCUT2D eigenvalue weighted by Crippen LogP contribution is 2.18. The number of piperidine rings is 1. The number of nitrogens with zero attached hydrogens (tertiary/aromatic N) is 2. The average Bonchev–Trinajstić information content (AvgIpc) is 2.82. The fourth-order valence-electron chi connectivity index (χ4n) is 2.06. The molecule has 0 aliphatic carbocycles. The first kappa shape index (κ1) is 13.7. The average molecular weight is 280 g/mol. The van der Waals surface area contributed by atoms with Gasteiger partial charge in [0.05, 0.1) is 10.9 Å². The van der Waals surface area contributed by atoms with Crippen LogP contribution in [0.3, 0.4) is 0 Å². The Kier molecular flexibility index (Phi) is 4.31. The van der Waals surface area contributed by atoms with Crippen LogP contribution >= 0.6 is 11.3 Å². The van der Waals surface area contributed by atoms with E-state index in [9.17, 15) is 9.59 Å². The smallest absolute Gasteiger partial charge is 0.306 e. The summed E-state index contributed by atoms with van der Waals surface area (Å²) < 4.78 is 0. The van der Waals surface area contributed by atoms with E-state index in [0.717, 1.165) is 9.88 Å². The fourth-order valence-corrected chi connectivity index (χ4v) is 2.75. The monoisotopic (exact) mass is 280 g/mol.